The van der Waals surface area contributed by atoms with Crippen LogP contribution in [-0.2, 0) is 0 Å². The van der Waals surface area contributed by atoms with Gasteiger partial charge in [0, 0.05) is 12.6 Å². The normalized spacial score (nSPS) is 15.4. The van der Waals surface area contributed by atoms with Crippen molar-refractivity contribution in [3.05, 3.63) is 18.0 Å². The largest absolute Gasteiger partial charge is 0.492 e. The molecule has 0 atom stereocenters. The topological polar surface area (TPSA) is 48.1 Å². The van der Waals surface area contributed by atoms with E-state index in [-0.39, 0.29) is 0 Å². The molecule has 3 heteroatoms. The molecule has 0 radical (unpaired) electrons. The van der Waals surface area contributed by atoms with E-state index in [1.807, 2.05) is 0 Å². The lowest BCUT2D eigenvalue weighted by molar-refractivity contribution is 0.413. The Kier molecular flexibility index (Phi) is 3.87. The van der Waals surface area contributed by atoms with E-state index in [4.69, 9.17) is 10.5 Å². The van der Waals surface area contributed by atoms with E-state index in [0.717, 1.165) is 12.3 Å². The highest BCUT2D eigenvalue weighted by Gasteiger charge is 2.13. The van der Waals surface area contributed by atoms with E-state index < -0.39 is 0 Å². The van der Waals surface area contributed by atoms with Crippen molar-refractivity contribution in [2.45, 2.75) is 32.1 Å². The highest BCUT2D eigenvalue weighted by Crippen LogP contribution is 2.27. The van der Waals surface area contributed by atoms with Crippen LogP contribution in [-0.4, -0.2) is 12.1 Å². The van der Waals surface area contributed by atoms with Crippen LogP contribution in [0.2, 0.25) is 0 Å². The molecular formula is C14H18N2O. The van der Waals surface area contributed by atoms with Crippen molar-refractivity contribution < 1.29 is 4.74 Å². The maximum Gasteiger partial charge on any atom is 0.176 e. The third-order valence-corrected chi connectivity index (χ3v) is 3.21. The summed E-state index contributed by atoms with van der Waals surface area (Å²) in [4.78, 5) is 4.20. The number of ether oxygens (including phenoxy) is 1. The minimum absolute atomic E-state index is 0.589. The number of nitrogens with zero attached hydrogens (tertiary/aromatic N) is 1. The van der Waals surface area contributed by atoms with Gasteiger partial charge in [-0.05, 0) is 30.7 Å². The zero-order valence-electron chi connectivity index (χ0n) is 10.2. The fraction of sp³-hybridized carbons (Fsp3) is 0.500. The Bertz CT molecular complexity index is 439. The van der Waals surface area contributed by atoms with Crippen LogP contribution in [0, 0.1) is 17.8 Å². The van der Waals surface area contributed by atoms with E-state index in [0.29, 0.717) is 17.1 Å². The van der Waals surface area contributed by atoms with Gasteiger partial charge in [-0.3, -0.25) is 0 Å². The summed E-state index contributed by atoms with van der Waals surface area (Å²) >= 11 is 0. The smallest absolute Gasteiger partial charge is 0.176 e. The third-order valence-electron chi connectivity index (χ3n) is 3.21. The standard InChI is InChI=1S/C14H18N2O/c1-17-14-12(15)9-10-16-13(14)8-4-7-11-5-2-3-6-11/h9-11H,2-3,5-7H2,1H3,(H2,15,16). The summed E-state index contributed by atoms with van der Waals surface area (Å²) in [6.45, 7) is 0. The van der Waals surface area contributed by atoms with Gasteiger partial charge >= 0.3 is 0 Å². The van der Waals surface area contributed by atoms with Crippen molar-refractivity contribution >= 4 is 5.69 Å². The molecule has 90 valence electrons. The highest BCUT2D eigenvalue weighted by molar-refractivity contribution is 5.58. The Morgan fingerprint density at radius 2 is 2.24 bits per heavy atom. The first-order chi connectivity index (χ1) is 8.31. The Labute approximate surface area is 102 Å². The lowest BCUT2D eigenvalue weighted by Crippen LogP contribution is -1.97. The minimum atomic E-state index is 0.589. The third kappa shape index (κ3) is 2.91. The summed E-state index contributed by atoms with van der Waals surface area (Å²) in [5.74, 6) is 7.63. The van der Waals surface area contributed by atoms with Gasteiger partial charge in [0.05, 0.1) is 12.8 Å². The minimum Gasteiger partial charge on any atom is -0.492 e. The summed E-state index contributed by atoms with van der Waals surface area (Å²) in [5.41, 5.74) is 7.03. The molecule has 1 aliphatic carbocycles. The van der Waals surface area contributed by atoms with Crippen molar-refractivity contribution in [3.8, 4) is 17.6 Å². The van der Waals surface area contributed by atoms with Gasteiger partial charge in [0.2, 0.25) is 0 Å². The van der Waals surface area contributed by atoms with Gasteiger partial charge < -0.3 is 10.5 Å². The molecular weight excluding hydrogens is 212 g/mol. The van der Waals surface area contributed by atoms with Crippen LogP contribution in [0.4, 0.5) is 5.69 Å². The van der Waals surface area contributed by atoms with E-state index in [9.17, 15) is 0 Å². The van der Waals surface area contributed by atoms with Crippen LogP contribution in [0.5, 0.6) is 5.75 Å². The number of pyridine rings is 1. The lowest BCUT2D eigenvalue weighted by Gasteiger charge is -2.05. The van der Waals surface area contributed by atoms with Gasteiger partial charge in [0.1, 0.15) is 0 Å². The molecule has 0 saturated heterocycles. The quantitative estimate of drug-likeness (QED) is 0.794. The first kappa shape index (κ1) is 11.8. The van der Waals surface area contributed by atoms with E-state index in [1.165, 1.54) is 25.7 Å². The van der Waals surface area contributed by atoms with Crippen LogP contribution < -0.4 is 10.5 Å². The zero-order valence-corrected chi connectivity index (χ0v) is 10.2. The Morgan fingerprint density at radius 3 is 2.94 bits per heavy atom. The van der Waals surface area contributed by atoms with Crippen LogP contribution in [0.25, 0.3) is 0 Å². The molecule has 1 heterocycles. The maximum atomic E-state index is 5.79. The average molecular weight is 230 g/mol. The van der Waals surface area contributed by atoms with Crippen LogP contribution in [0.3, 0.4) is 0 Å². The zero-order chi connectivity index (χ0) is 12.1. The number of hydrogen-bond acceptors (Lipinski definition) is 3. The molecule has 0 amide bonds. The summed E-state index contributed by atoms with van der Waals surface area (Å²) in [5, 5.41) is 0. The molecule has 0 spiro atoms. The molecule has 0 unspecified atom stereocenters. The van der Waals surface area contributed by atoms with E-state index in [2.05, 4.69) is 16.8 Å². The second-order valence-corrected chi connectivity index (χ2v) is 4.44. The average Bonchev–Trinajstić information content (AvgIpc) is 2.82. The Morgan fingerprint density at radius 1 is 1.47 bits per heavy atom. The first-order valence-corrected chi connectivity index (χ1v) is 6.08. The number of anilines is 1. The monoisotopic (exact) mass is 230 g/mol. The Balaban J connectivity index is 2.07. The molecule has 1 aliphatic rings. The SMILES string of the molecule is COc1c(N)ccnc1C#CCC1CCCC1. The molecule has 0 aliphatic heterocycles. The van der Waals surface area contributed by atoms with Gasteiger partial charge in [-0.15, -0.1) is 0 Å². The predicted octanol–water partition coefficient (Wildman–Crippen LogP) is 2.60. The number of hydrogen-bond donors (Lipinski definition) is 1. The van der Waals surface area contributed by atoms with Crippen LogP contribution in [0.1, 0.15) is 37.8 Å². The highest BCUT2D eigenvalue weighted by atomic mass is 16.5. The fourth-order valence-corrected chi connectivity index (χ4v) is 2.26. The molecule has 2 rings (SSSR count). The van der Waals surface area contributed by atoms with Crippen molar-refractivity contribution in [3.63, 3.8) is 0 Å². The number of methoxy groups -OCH3 is 1. The number of rotatable bonds is 2. The van der Waals surface area contributed by atoms with Gasteiger partial charge in [-0.25, -0.2) is 4.98 Å². The molecule has 17 heavy (non-hydrogen) atoms. The molecule has 1 aromatic heterocycles. The number of aromatic nitrogens is 1. The summed E-state index contributed by atoms with van der Waals surface area (Å²) in [6.07, 6.45) is 7.96. The molecule has 0 bridgehead atoms. The molecule has 3 nitrogen and oxygen atoms in total. The molecule has 0 aromatic carbocycles. The summed E-state index contributed by atoms with van der Waals surface area (Å²) in [7, 11) is 1.59. The van der Waals surface area contributed by atoms with Crippen molar-refractivity contribution in [2.24, 2.45) is 5.92 Å². The van der Waals surface area contributed by atoms with Crippen LogP contribution >= 0.6 is 0 Å². The summed E-state index contributed by atoms with van der Waals surface area (Å²) in [6, 6.07) is 1.72. The van der Waals surface area contributed by atoms with E-state index in [1.54, 1.807) is 19.4 Å². The van der Waals surface area contributed by atoms with Gasteiger partial charge in [-0.2, -0.15) is 0 Å². The number of nitrogens with two attached hydrogens (primary N) is 1. The molecule has 2 N–H and O–H groups in total. The summed E-state index contributed by atoms with van der Waals surface area (Å²) < 4.78 is 5.21. The first-order valence-electron chi connectivity index (χ1n) is 6.08. The molecule has 1 aromatic rings. The predicted molar refractivity (Wildman–Crippen MR) is 68.7 cm³/mol. The Hall–Kier alpha value is -1.69. The molecule has 1 fully saturated rings. The van der Waals surface area contributed by atoms with E-state index >= 15 is 0 Å². The van der Waals surface area contributed by atoms with Crippen molar-refractivity contribution in [2.75, 3.05) is 12.8 Å². The van der Waals surface area contributed by atoms with Gasteiger partial charge in [0.15, 0.2) is 11.4 Å². The van der Waals surface area contributed by atoms with Crippen LogP contribution in [0.15, 0.2) is 12.3 Å². The second kappa shape index (κ2) is 5.58. The van der Waals surface area contributed by atoms with Gasteiger partial charge in [0.25, 0.3) is 0 Å². The van der Waals surface area contributed by atoms with Crippen molar-refractivity contribution in [1.82, 2.24) is 4.98 Å². The second-order valence-electron chi connectivity index (χ2n) is 4.44. The lowest BCUT2D eigenvalue weighted by atomic mass is 10.0. The van der Waals surface area contributed by atoms with Gasteiger partial charge in [-0.1, -0.05) is 18.8 Å². The van der Waals surface area contributed by atoms with Crippen molar-refractivity contribution in [1.29, 1.82) is 0 Å². The number of nitrogen functional groups attached to an aromatic ring is 1. The fourth-order valence-electron chi connectivity index (χ4n) is 2.26. The maximum absolute atomic E-state index is 5.79. The molecule has 1 saturated carbocycles.